The van der Waals surface area contributed by atoms with Crippen LogP contribution in [-0.4, -0.2) is 37.5 Å². The normalized spacial score (nSPS) is 21.5. The molecule has 0 bridgehead atoms. The second kappa shape index (κ2) is 5.79. The third-order valence-electron chi connectivity index (χ3n) is 3.51. The molecule has 0 aliphatic carbocycles. The summed E-state index contributed by atoms with van der Waals surface area (Å²) in [6, 6.07) is 5.02. The van der Waals surface area contributed by atoms with Crippen molar-refractivity contribution in [1.29, 1.82) is 0 Å². The quantitative estimate of drug-likeness (QED) is 0.929. The van der Waals surface area contributed by atoms with Crippen LogP contribution in [0.15, 0.2) is 23.1 Å². The van der Waals surface area contributed by atoms with E-state index in [0.717, 1.165) is 18.4 Å². The Kier molecular flexibility index (Phi) is 4.50. The maximum Gasteiger partial charge on any atom is 0.244 e. The molecule has 1 unspecified atom stereocenters. The Hall–Kier alpha value is -0.620. The summed E-state index contributed by atoms with van der Waals surface area (Å²) in [4.78, 5) is 0.160. The summed E-state index contributed by atoms with van der Waals surface area (Å²) in [5.74, 6) is 0.0205. The van der Waals surface area contributed by atoms with E-state index in [4.69, 9.17) is 11.6 Å². The molecule has 106 valence electrons. The highest BCUT2D eigenvalue weighted by Crippen LogP contribution is 2.29. The van der Waals surface area contributed by atoms with Gasteiger partial charge in [0.05, 0.1) is 5.02 Å². The zero-order valence-electron chi connectivity index (χ0n) is 10.8. The minimum Gasteiger partial charge on any atom is -0.396 e. The average molecular weight is 304 g/mol. The van der Waals surface area contributed by atoms with Crippen LogP contribution in [0.4, 0.5) is 0 Å². The second-order valence-electron chi connectivity index (χ2n) is 4.94. The topological polar surface area (TPSA) is 57.6 Å². The minimum absolute atomic E-state index is 0.0205. The van der Waals surface area contributed by atoms with Crippen LogP contribution in [-0.2, 0) is 10.0 Å². The molecule has 0 amide bonds. The van der Waals surface area contributed by atoms with Crippen LogP contribution in [0, 0.1) is 12.8 Å². The van der Waals surface area contributed by atoms with Gasteiger partial charge in [-0.05, 0) is 37.3 Å². The lowest BCUT2D eigenvalue weighted by Gasteiger charge is -2.31. The van der Waals surface area contributed by atoms with E-state index < -0.39 is 10.0 Å². The number of nitrogens with zero attached hydrogens (tertiary/aromatic N) is 1. The Labute approximate surface area is 119 Å². The molecule has 1 aromatic rings. The SMILES string of the molecule is Cc1cccc(S(=O)(=O)N2CCCC(CO)C2)c1Cl. The number of piperidine rings is 1. The third-order valence-corrected chi connectivity index (χ3v) is 6.04. The molecule has 1 atom stereocenters. The Morgan fingerprint density at radius 3 is 2.89 bits per heavy atom. The lowest BCUT2D eigenvalue weighted by molar-refractivity contribution is 0.165. The summed E-state index contributed by atoms with van der Waals surface area (Å²) in [7, 11) is -3.57. The molecule has 1 aliphatic heterocycles. The van der Waals surface area contributed by atoms with Gasteiger partial charge in [-0.1, -0.05) is 23.7 Å². The van der Waals surface area contributed by atoms with Crippen LogP contribution >= 0.6 is 11.6 Å². The fraction of sp³-hybridized carbons (Fsp3) is 0.538. The predicted molar refractivity (Wildman–Crippen MR) is 74.8 cm³/mol. The number of benzene rings is 1. The maximum atomic E-state index is 12.6. The number of hydrogen-bond donors (Lipinski definition) is 1. The summed E-state index contributed by atoms with van der Waals surface area (Å²) < 4.78 is 26.6. The van der Waals surface area contributed by atoms with Gasteiger partial charge in [-0.3, -0.25) is 0 Å². The molecule has 19 heavy (non-hydrogen) atoms. The van der Waals surface area contributed by atoms with Gasteiger partial charge in [0.15, 0.2) is 0 Å². The van der Waals surface area contributed by atoms with Gasteiger partial charge in [0.25, 0.3) is 0 Å². The Balaban J connectivity index is 2.34. The van der Waals surface area contributed by atoms with Gasteiger partial charge in [-0.2, -0.15) is 4.31 Å². The van der Waals surface area contributed by atoms with Crippen molar-refractivity contribution in [2.75, 3.05) is 19.7 Å². The fourth-order valence-electron chi connectivity index (χ4n) is 2.35. The Morgan fingerprint density at radius 1 is 1.47 bits per heavy atom. The molecule has 0 radical (unpaired) electrons. The molecule has 1 N–H and O–H groups in total. The average Bonchev–Trinajstić information content (AvgIpc) is 2.41. The second-order valence-corrected chi connectivity index (χ2v) is 7.23. The van der Waals surface area contributed by atoms with Crippen molar-refractivity contribution in [3.63, 3.8) is 0 Å². The van der Waals surface area contributed by atoms with Crippen LogP contribution in [0.5, 0.6) is 0 Å². The molecule has 2 rings (SSSR count). The lowest BCUT2D eigenvalue weighted by Crippen LogP contribution is -2.41. The summed E-state index contributed by atoms with van der Waals surface area (Å²) >= 11 is 6.11. The van der Waals surface area contributed by atoms with Gasteiger partial charge in [-0.15, -0.1) is 0 Å². The Bertz CT molecular complexity index is 559. The number of sulfonamides is 1. The van der Waals surface area contributed by atoms with Crippen molar-refractivity contribution < 1.29 is 13.5 Å². The van der Waals surface area contributed by atoms with Gasteiger partial charge in [0.1, 0.15) is 4.90 Å². The fourth-order valence-corrected chi connectivity index (χ4v) is 4.46. The molecule has 4 nitrogen and oxygen atoms in total. The van der Waals surface area contributed by atoms with Crippen LogP contribution in [0.1, 0.15) is 18.4 Å². The van der Waals surface area contributed by atoms with E-state index in [0.29, 0.717) is 13.1 Å². The van der Waals surface area contributed by atoms with Crippen molar-refractivity contribution in [3.05, 3.63) is 28.8 Å². The molecule has 1 aromatic carbocycles. The summed E-state index contributed by atoms with van der Waals surface area (Å²) in [6.45, 7) is 2.66. The summed E-state index contributed by atoms with van der Waals surface area (Å²) in [5.41, 5.74) is 0.749. The maximum absolute atomic E-state index is 12.6. The first-order valence-electron chi connectivity index (χ1n) is 6.33. The van der Waals surface area contributed by atoms with E-state index in [-0.39, 0.29) is 22.4 Å². The van der Waals surface area contributed by atoms with Gasteiger partial charge in [0.2, 0.25) is 10.0 Å². The first-order valence-corrected chi connectivity index (χ1v) is 8.14. The molecule has 1 aliphatic rings. The smallest absolute Gasteiger partial charge is 0.244 e. The minimum atomic E-state index is -3.57. The molecular formula is C13H18ClNO3S. The third kappa shape index (κ3) is 2.94. The first-order chi connectivity index (χ1) is 8.96. The van der Waals surface area contributed by atoms with E-state index in [1.165, 1.54) is 10.4 Å². The van der Waals surface area contributed by atoms with Crippen molar-refractivity contribution in [3.8, 4) is 0 Å². The molecule has 6 heteroatoms. The highest BCUT2D eigenvalue weighted by atomic mass is 35.5. The standard InChI is InChI=1S/C13H18ClNO3S/c1-10-4-2-6-12(13(10)14)19(17,18)15-7-3-5-11(8-15)9-16/h2,4,6,11,16H,3,5,7-9H2,1H3. The van der Waals surface area contributed by atoms with Gasteiger partial charge in [0, 0.05) is 19.7 Å². The highest BCUT2D eigenvalue weighted by Gasteiger charge is 2.31. The van der Waals surface area contributed by atoms with Crippen molar-refractivity contribution >= 4 is 21.6 Å². The van der Waals surface area contributed by atoms with Crippen LogP contribution in [0.3, 0.4) is 0 Å². The van der Waals surface area contributed by atoms with Crippen molar-refractivity contribution in [2.24, 2.45) is 5.92 Å². The molecule has 1 saturated heterocycles. The van der Waals surface area contributed by atoms with E-state index in [1.807, 2.05) is 0 Å². The number of halogens is 1. The van der Waals surface area contributed by atoms with Crippen LogP contribution in [0.25, 0.3) is 0 Å². The van der Waals surface area contributed by atoms with Gasteiger partial charge < -0.3 is 5.11 Å². The Morgan fingerprint density at radius 2 is 2.21 bits per heavy atom. The van der Waals surface area contributed by atoms with Crippen molar-refractivity contribution in [2.45, 2.75) is 24.7 Å². The molecule has 0 spiro atoms. The van der Waals surface area contributed by atoms with Gasteiger partial charge >= 0.3 is 0 Å². The van der Waals surface area contributed by atoms with E-state index in [2.05, 4.69) is 0 Å². The first kappa shape index (κ1) is 14.8. The number of aliphatic hydroxyl groups excluding tert-OH is 1. The zero-order chi connectivity index (χ0) is 14.0. The highest BCUT2D eigenvalue weighted by molar-refractivity contribution is 7.89. The number of rotatable bonds is 3. The van der Waals surface area contributed by atoms with Crippen LogP contribution < -0.4 is 0 Å². The van der Waals surface area contributed by atoms with Crippen molar-refractivity contribution in [1.82, 2.24) is 4.31 Å². The zero-order valence-corrected chi connectivity index (χ0v) is 12.4. The summed E-state index contributed by atoms with van der Waals surface area (Å²) in [5, 5.41) is 9.48. The largest absolute Gasteiger partial charge is 0.396 e. The molecule has 0 saturated carbocycles. The van der Waals surface area contributed by atoms with E-state index in [9.17, 15) is 13.5 Å². The van der Waals surface area contributed by atoms with Crippen LogP contribution in [0.2, 0.25) is 5.02 Å². The lowest BCUT2D eigenvalue weighted by atomic mass is 10.0. The molecular weight excluding hydrogens is 286 g/mol. The summed E-state index contributed by atoms with van der Waals surface area (Å²) in [6.07, 6.45) is 1.64. The molecule has 1 fully saturated rings. The van der Waals surface area contributed by atoms with E-state index >= 15 is 0 Å². The monoisotopic (exact) mass is 303 g/mol. The molecule has 1 heterocycles. The number of aryl methyl sites for hydroxylation is 1. The van der Waals surface area contributed by atoms with Gasteiger partial charge in [-0.25, -0.2) is 8.42 Å². The number of aliphatic hydroxyl groups is 1. The van der Waals surface area contributed by atoms with E-state index in [1.54, 1.807) is 19.1 Å². The predicted octanol–water partition coefficient (Wildman–Crippen LogP) is 2.04. The molecule has 0 aromatic heterocycles. The number of hydrogen-bond acceptors (Lipinski definition) is 3.